The Kier molecular flexibility index (Phi) is 8.13. The second-order valence-corrected chi connectivity index (χ2v) is 3.57. The second-order valence-electron chi connectivity index (χ2n) is 3.57. The third-order valence-corrected chi connectivity index (χ3v) is 1.77. The summed E-state index contributed by atoms with van der Waals surface area (Å²) in [6.07, 6.45) is 7.69. The van der Waals surface area contributed by atoms with Crippen molar-refractivity contribution in [3.8, 4) is 11.1 Å². The fraction of sp³-hybridized carbons (Fsp3) is 0. The molecule has 0 saturated carbocycles. The molecule has 2 nitrogen and oxygen atoms in total. The van der Waals surface area contributed by atoms with Gasteiger partial charge in [0.1, 0.15) is 0 Å². The summed E-state index contributed by atoms with van der Waals surface area (Å²) in [5.41, 5.74) is 2.45. The van der Waals surface area contributed by atoms with Gasteiger partial charge in [0.2, 0.25) is 0 Å². The molecule has 22 heavy (non-hydrogen) atoms. The average Bonchev–Trinajstić information content (AvgIpc) is 2.37. The fourth-order valence-corrected chi connectivity index (χ4v) is 1.16. The van der Waals surface area contributed by atoms with Gasteiger partial charge in [0.15, 0.2) is 24.8 Å². The van der Waals surface area contributed by atoms with Crippen LogP contribution in [0.15, 0.2) is 49.1 Å². The number of pyridine rings is 2. The van der Waals surface area contributed by atoms with Gasteiger partial charge < -0.3 is 34.5 Å². The lowest BCUT2D eigenvalue weighted by atomic mass is 10.1. The molecule has 122 valence electrons. The van der Waals surface area contributed by atoms with Gasteiger partial charge >= 0.3 is 14.5 Å². The van der Waals surface area contributed by atoms with Gasteiger partial charge in [-0.1, -0.05) is 0 Å². The lowest BCUT2D eigenvalue weighted by molar-refractivity contribution is -0.378. The van der Waals surface area contributed by atoms with Crippen LogP contribution in [0, 0.1) is 0 Å². The number of halogens is 8. The van der Waals surface area contributed by atoms with E-state index in [2.05, 4.69) is 34.2 Å². The predicted molar refractivity (Wildman–Crippen MR) is 65.4 cm³/mol. The SMILES string of the molecule is F[B-](F)(F)F.F[B-](F)(F)F.c1cc(-c2cc[nH+]cc2)cc[nH+]1. The summed E-state index contributed by atoms with van der Waals surface area (Å²) >= 11 is 0. The summed E-state index contributed by atoms with van der Waals surface area (Å²) in [5, 5.41) is 0. The minimum absolute atomic E-state index is 1.22. The molecule has 12 heteroatoms. The number of hydrogen-bond donors (Lipinski definition) is 0. The zero-order chi connectivity index (χ0) is 17.2. The molecule has 0 saturated heterocycles. The monoisotopic (exact) mass is 332 g/mol. The quantitative estimate of drug-likeness (QED) is 0.564. The van der Waals surface area contributed by atoms with E-state index in [0.717, 1.165) is 0 Å². The molecule has 0 bridgehead atoms. The Morgan fingerprint density at radius 2 is 0.682 bits per heavy atom. The van der Waals surface area contributed by atoms with Crippen molar-refractivity contribution in [3.63, 3.8) is 0 Å². The molecular weight excluding hydrogens is 322 g/mol. The van der Waals surface area contributed by atoms with E-state index in [1.165, 1.54) is 11.1 Å². The maximum absolute atomic E-state index is 9.75. The van der Waals surface area contributed by atoms with Gasteiger partial charge in [0.05, 0.1) is 0 Å². The van der Waals surface area contributed by atoms with Gasteiger partial charge in [-0.15, -0.1) is 0 Å². The number of aromatic nitrogens is 2. The van der Waals surface area contributed by atoms with Crippen LogP contribution in [0.1, 0.15) is 0 Å². The van der Waals surface area contributed by atoms with Crippen molar-refractivity contribution >= 4 is 14.5 Å². The molecule has 0 radical (unpaired) electrons. The highest BCUT2D eigenvalue weighted by molar-refractivity contribution is 6.50. The molecule has 0 fully saturated rings. The molecule has 0 unspecified atom stereocenters. The molecule has 2 rings (SSSR count). The van der Waals surface area contributed by atoms with E-state index in [0.29, 0.717) is 0 Å². The van der Waals surface area contributed by atoms with E-state index in [-0.39, 0.29) is 0 Å². The van der Waals surface area contributed by atoms with Gasteiger partial charge in [-0.2, -0.15) is 0 Å². The van der Waals surface area contributed by atoms with Crippen molar-refractivity contribution in [2.45, 2.75) is 0 Å². The zero-order valence-electron chi connectivity index (χ0n) is 10.8. The number of H-pyrrole nitrogens is 2. The third kappa shape index (κ3) is 15.9. The van der Waals surface area contributed by atoms with Crippen molar-refractivity contribution < 1.29 is 44.5 Å². The Labute approximate surface area is 120 Å². The topological polar surface area (TPSA) is 28.3 Å². The predicted octanol–water partition coefficient (Wildman–Crippen LogP) is 3.58. The highest BCUT2D eigenvalue weighted by atomic mass is 19.5. The molecule has 2 aromatic rings. The molecule has 0 aliphatic rings. The van der Waals surface area contributed by atoms with Crippen LogP contribution in [0.4, 0.5) is 34.5 Å². The number of nitrogens with one attached hydrogen (secondary N) is 2. The van der Waals surface area contributed by atoms with Crippen molar-refractivity contribution in [2.75, 3.05) is 0 Å². The van der Waals surface area contributed by atoms with Crippen molar-refractivity contribution in [3.05, 3.63) is 49.1 Å². The summed E-state index contributed by atoms with van der Waals surface area (Å²) in [6, 6.07) is 8.20. The zero-order valence-corrected chi connectivity index (χ0v) is 10.8. The minimum atomic E-state index is -6.00. The lowest BCUT2D eigenvalue weighted by Gasteiger charge is -1.94. The molecule has 0 spiro atoms. The van der Waals surface area contributed by atoms with Crippen LogP contribution < -0.4 is 9.97 Å². The van der Waals surface area contributed by atoms with Crippen molar-refractivity contribution in [1.82, 2.24) is 0 Å². The van der Waals surface area contributed by atoms with Crippen LogP contribution in [0.2, 0.25) is 0 Å². The van der Waals surface area contributed by atoms with Gasteiger partial charge in [-0.3, -0.25) is 0 Å². The molecule has 2 N–H and O–H groups in total. The van der Waals surface area contributed by atoms with Crippen LogP contribution in [-0.4, -0.2) is 14.5 Å². The number of hydrogen-bond acceptors (Lipinski definition) is 0. The Balaban J connectivity index is 0.000000372. The normalized spacial score (nSPS) is 10.7. The Morgan fingerprint density at radius 3 is 0.864 bits per heavy atom. The van der Waals surface area contributed by atoms with Gasteiger partial charge in [0.25, 0.3) is 0 Å². The van der Waals surface area contributed by atoms with Crippen molar-refractivity contribution in [1.29, 1.82) is 0 Å². The molecule has 0 aliphatic heterocycles. The van der Waals surface area contributed by atoms with Gasteiger partial charge in [-0.25, -0.2) is 9.97 Å². The first-order chi connectivity index (χ1) is 9.97. The van der Waals surface area contributed by atoms with Gasteiger partial charge in [0, 0.05) is 24.3 Å². The van der Waals surface area contributed by atoms with Crippen molar-refractivity contribution in [2.24, 2.45) is 0 Å². The van der Waals surface area contributed by atoms with E-state index in [1.807, 2.05) is 24.8 Å². The van der Waals surface area contributed by atoms with Crippen LogP contribution in [0.25, 0.3) is 11.1 Å². The maximum Gasteiger partial charge on any atom is 0.673 e. The van der Waals surface area contributed by atoms with E-state index < -0.39 is 14.5 Å². The average molecular weight is 332 g/mol. The maximum atomic E-state index is 9.75. The third-order valence-electron chi connectivity index (χ3n) is 1.77. The molecule has 2 aromatic heterocycles. The molecule has 2 heterocycles. The molecule has 0 amide bonds. The highest BCUT2D eigenvalue weighted by Gasteiger charge is 2.21. The standard InChI is InChI=1S/C10H8N2.2BF4/c1-5-11-6-2-9(1)10-3-7-12-8-4-10;2*2-1(3,4)5/h1-8H;;/q;2*-1/p+2. The summed E-state index contributed by atoms with van der Waals surface area (Å²) < 4.78 is 78.0. The summed E-state index contributed by atoms with van der Waals surface area (Å²) in [5.74, 6) is 0. The highest BCUT2D eigenvalue weighted by Crippen LogP contribution is 2.14. The Hall–Kier alpha value is -2.13. The number of aromatic amines is 2. The Bertz CT molecular complexity index is 456. The van der Waals surface area contributed by atoms with E-state index in [1.54, 1.807) is 0 Å². The first-order valence-electron chi connectivity index (χ1n) is 5.64. The summed E-state index contributed by atoms with van der Waals surface area (Å²) in [4.78, 5) is 5.99. The number of rotatable bonds is 1. The fourth-order valence-electron chi connectivity index (χ4n) is 1.16. The lowest BCUT2D eigenvalue weighted by Crippen LogP contribution is -2.02. The van der Waals surface area contributed by atoms with Crippen LogP contribution in [-0.2, 0) is 0 Å². The minimum Gasteiger partial charge on any atom is -0.418 e. The molecule has 0 aliphatic carbocycles. The Morgan fingerprint density at radius 1 is 0.500 bits per heavy atom. The molecule has 0 aromatic carbocycles. The largest absolute Gasteiger partial charge is 0.673 e. The first kappa shape index (κ1) is 19.9. The second kappa shape index (κ2) is 9.00. The van der Waals surface area contributed by atoms with Crippen LogP contribution >= 0.6 is 0 Å². The molecular formula is C10H10B2F8N2. The van der Waals surface area contributed by atoms with E-state index in [4.69, 9.17) is 0 Å². The van der Waals surface area contributed by atoms with Crippen LogP contribution in [0.3, 0.4) is 0 Å². The first-order valence-corrected chi connectivity index (χ1v) is 5.64. The van der Waals surface area contributed by atoms with Gasteiger partial charge in [-0.05, 0) is 11.1 Å². The summed E-state index contributed by atoms with van der Waals surface area (Å²) in [7, 11) is -12.0. The molecule has 0 atom stereocenters. The van der Waals surface area contributed by atoms with E-state index >= 15 is 0 Å². The smallest absolute Gasteiger partial charge is 0.418 e. The summed E-state index contributed by atoms with van der Waals surface area (Å²) in [6.45, 7) is 0. The van der Waals surface area contributed by atoms with E-state index in [9.17, 15) is 34.5 Å². The van der Waals surface area contributed by atoms with Crippen LogP contribution in [0.5, 0.6) is 0 Å².